The van der Waals surface area contributed by atoms with Gasteiger partial charge >= 0.3 is 5.97 Å². The lowest BCUT2D eigenvalue weighted by Gasteiger charge is -2.19. The Morgan fingerprint density at radius 2 is 1.86 bits per heavy atom. The van der Waals surface area contributed by atoms with Gasteiger partial charge in [0.05, 0.1) is 25.7 Å². The monoisotopic (exact) mass is 397 g/mol. The second-order valence-corrected chi connectivity index (χ2v) is 7.19. The van der Waals surface area contributed by atoms with Gasteiger partial charge in [-0.3, -0.25) is 9.59 Å². The van der Waals surface area contributed by atoms with E-state index in [1.54, 1.807) is 24.3 Å². The molecule has 29 heavy (non-hydrogen) atoms. The number of methoxy groups -OCH3 is 1. The molecule has 2 unspecified atom stereocenters. The molecule has 0 bridgehead atoms. The number of amides is 1. The highest BCUT2D eigenvalue weighted by Gasteiger charge is 2.20. The van der Waals surface area contributed by atoms with Gasteiger partial charge in [0.1, 0.15) is 12.4 Å². The fourth-order valence-corrected chi connectivity index (χ4v) is 3.21. The quantitative estimate of drug-likeness (QED) is 0.689. The number of esters is 1. The molecule has 3 rings (SSSR count). The van der Waals surface area contributed by atoms with Gasteiger partial charge in [-0.15, -0.1) is 0 Å². The van der Waals surface area contributed by atoms with Crippen molar-refractivity contribution in [3.8, 4) is 5.75 Å². The number of ether oxygens (including phenoxy) is 3. The average Bonchev–Trinajstić information content (AvgIpc) is 3.26. The molecule has 1 amide bonds. The number of carbonyl (C=O) groups excluding carboxylic acids is 2. The van der Waals surface area contributed by atoms with Crippen LogP contribution in [0.2, 0.25) is 0 Å². The van der Waals surface area contributed by atoms with Gasteiger partial charge in [0.25, 0.3) is 5.91 Å². The van der Waals surface area contributed by atoms with Crippen molar-refractivity contribution in [2.75, 3.05) is 20.3 Å². The number of hydrogen-bond donors (Lipinski definition) is 1. The number of hydrogen-bond acceptors (Lipinski definition) is 5. The van der Waals surface area contributed by atoms with Crippen molar-refractivity contribution in [2.24, 2.45) is 0 Å². The minimum Gasteiger partial charge on any atom is -0.491 e. The molecule has 154 valence electrons. The number of aryl methyl sites for hydroxylation is 1. The second-order valence-electron chi connectivity index (χ2n) is 7.19. The second kappa shape index (κ2) is 10.1. The Hall–Kier alpha value is -2.86. The molecule has 1 N–H and O–H groups in total. The van der Waals surface area contributed by atoms with Gasteiger partial charge in [0, 0.05) is 12.2 Å². The van der Waals surface area contributed by atoms with Crippen molar-refractivity contribution in [1.29, 1.82) is 0 Å². The summed E-state index contributed by atoms with van der Waals surface area (Å²) in [4.78, 5) is 24.5. The summed E-state index contributed by atoms with van der Waals surface area (Å²) in [5.41, 5.74) is 2.46. The van der Waals surface area contributed by atoms with Gasteiger partial charge in [-0.25, -0.2) is 0 Å². The molecule has 1 aliphatic heterocycles. The maximum Gasteiger partial charge on any atom is 0.307 e. The molecule has 1 heterocycles. The van der Waals surface area contributed by atoms with E-state index in [9.17, 15) is 9.59 Å². The van der Waals surface area contributed by atoms with Crippen LogP contribution in [0.3, 0.4) is 0 Å². The first-order valence-corrected chi connectivity index (χ1v) is 9.84. The van der Waals surface area contributed by atoms with E-state index in [2.05, 4.69) is 5.32 Å². The minimum absolute atomic E-state index is 0.0634. The van der Waals surface area contributed by atoms with E-state index < -0.39 is 6.04 Å². The number of carbonyl (C=O) groups is 2. The zero-order valence-corrected chi connectivity index (χ0v) is 16.9. The molecule has 1 fully saturated rings. The zero-order chi connectivity index (χ0) is 20.6. The molecule has 2 aromatic carbocycles. The van der Waals surface area contributed by atoms with E-state index in [0.717, 1.165) is 30.6 Å². The van der Waals surface area contributed by atoms with Gasteiger partial charge in [-0.1, -0.05) is 29.8 Å². The summed E-state index contributed by atoms with van der Waals surface area (Å²) in [7, 11) is 1.34. The molecular weight excluding hydrogens is 370 g/mol. The van der Waals surface area contributed by atoms with Gasteiger partial charge in [-0.2, -0.15) is 0 Å². The highest BCUT2D eigenvalue weighted by atomic mass is 16.5. The summed E-state index contributed by atoms with van der Waals surface area (Å²) in [6, 6.07) is 14.2. The van der Waals surface area contributed by atoms with Crippen molar-refractivity contribution in [1.82, 2.24) is 5.32 Å². The topological polar surface area (TPSA) is 73.9 Å². The van der Waals surface area contributed by atoms with Gasteiger partial charge in [0.2, 0.25) is 0 Å². The van der Waals surface area contributed by atoms with E-state index >= 15 is 0 Å². The molecule has 6 nitrogen and oxygen atoms in total. The normalized spacial score (nSPS) is 16.8. The lowest BCUT2D eigenvalue weighted by atomic mass is 10.0. The lowest BCUT2D eigenvalue weighted by Crippen LogP contribution is -2.30. The number of nitrogens with one attached hydrogen (secondary N) is 1. The molecule has 0 aromatic heterocycles. The van der Waals surface area contributed by atoms with Gasteiger partial charge in [-0.05, 0) is 49.6 Å². The maximum atomic E-state index is 12.7. The van der Waals surface area contributed by atoms with E-state index in [4.69, 9.17) is 14.2 Å². The summed E-state index contributed by atoms with van der Waals surface area (Å²) >= 11 is 0. The first-order valence-electron chi connectivity index (χ1n) is 9.84. The predicted molar refractivity (Wildman–Crippen MR) is 109 cm³/mol. The molecule has 2 aromatic rings. The molecule has 0 aliphatic carbocycles. The van der Waals surface area contributed by atoms with Crippen LogP contribution < -0.4 is 10.1 Å². The maximum absolute atomic E-state index is 12.7. The smallest absolute Gasteiger partial charge is 0.307 e. The Morgan fingerprint density at radius 1 is 1.14 bits per heavy atom. The Kier molecular flexibility index (Phi) is 7.25. The largest absolute Gasteiger partial charge is 0.491 e. The first kappa shape index (κ1) is 20.9. The molecule has 0 spiro atoms. The fraction of sp³-hybridized carbons (Fsp3) is 0.391. The highest BCUT2D eigenvalue weighted by Crippen LogP contribution is 2.20. The zero-order valence-electron chi connectivity index (χ0n) is 16.9. The summed E-state index contributed by atoms with van der Waals surface area (Å²) in [6.45, 7) is 3.29. The summed E-state index contributed by atoms with van der Waals surface area (Å²) in [5.74, 6) is 0.0561. The standard InChI is InChI=1S/C23H27NO5/c1-16-5-7-17(8-6-16)21(14-22(25)27-2)24-23(26)18-9-11-19(12-10-18)29-15-20-4-3-13-28-20/h5-12,20-21H,3-4,13-15H2,1-2H3,(H,24,26). The Morgan fingerprint density at radius 3 is 2.48 bits per heavy atom. The third-order valence-corrected chi connectivity index (χ3v) is 4.96. The van der Waals surface area contributed by atoms with Crippen LogP contribution in [0, 0.1) is 6.92 Å². The third kappa shape index (κ3) is 6.06. The molecule has 2 atom stereocenters. The predicted octanol–water partition coefficient (Wildman–Crippen LogP) is 3.59. The molecular formula is C23H27NO5. The van der Waals surface area contributed by atoms with Crippen molar-refractivity contribution in [3.05, 3.63) is 65.2 Å². The Bertz CT molecular complexity index is 810. The van der Waals surface area contributed by atoms with Crippen molar-refractivity contribution in [3.63, 3.8) is 0 Å². The van der Waals surface area contributed by atoms with Crippen LogP contribution in [-0.2, 0) is 14.3 Å². The van der Waals surface area contributed by atoms with Crippen LogP contribution >= 0.6 is 0 Å². The van der Waals surface area contributed by atoms with Crippen LogP contribution in [0.25, 0.3) is 0 Å². The minimum atomic E-state index is -0.467. The van der Waals surface area contributed by atoms with Crippen LogP contribution in [0.5, 0.6) is 5.75 Å². The molecule has 0 radical (unpaired) electrons. The number of rotatable bonds is 8. The van der Waals surface area contributed by atoms with E-state index in [-0.39, 0.29) is 24.4 Å². The molecule has 1 saturated heterocycles. The summed E-state index contributed by atoms with van der Waals surface area (Å²) in [6.07, 6.45) is 2.29. The van der Waals surface area contributed by atoms with Crippen LogP contribution in [-0.4, -0.2) is 38.3 Å². The Balaban J connectivity index is 1.63. The average molecular weight is 397 g/mol. The van der Waals surface area contributed by atoms with E-state index in [1.807, 2.05) is 31.2 Å². The Labute approximate surface area is 171 Å². The highest BCUT2D eigenvalue weighted by molar-refractivity contribution is 5.94. The van der Waals surface area contributed by atoms with Crippen LogP contribution in [0.4, 0.5) is 0 Å². The van der Waals surface area contributed by atoms with Crippen LogP contribution in [0.1, 0.15) is 46.8 Å². The van der Waals surface area contributed by atoms with Gasteiger partial charge in [0.15, 0.2) is 0 Å². The lowest BCUT2D eigenvalue weighted by molar-refractivity contribution is -0.141. The molecule has 0 saturated carbocycles. The summed E-state index contributed by atoms with van der Waals surface area (Å²) < 4.78 is 16.1. The first-order chi connectivity index (χ1) is 14.0. The van der Waals surface area contributed by atoms with E-state index in [1.165, 1.54) is 7.11 Å². The SMILES string of the molecule is COC(=O)CC(NC(=O)c1ccc(OCC2CCCO2)cc1)c1ccc(C)cc1. The van der Waals surface area contributed by atoms with Crippen LogP contribution in [0.15, 0.2) is 48.5 Å². The van der Waals surface area contributed by atoms with Crippen molar-refractivity contribution >= 4 is 11.9 Å². The summed E-state index contributed by atoms with van der Waals surface area (Å²) in [5, 5.41) is 2.93. The third-order valence-electron chi connectivity index (χ3n) is 4.96. The molecule has 6 heteroatoms. The molecule has 1 aliphatic rings. The number of benzene rings is 2. The van der Waals surface area contributed by atoms with Crippen molar-refractivity contribution < 1.29 is 23.8 Å². The van der Waals surface area contributed by atoms with Crippen molar-refractivity contribution in [2.45, 2.75) is 38.3 Å². The van der Waals surface area contributed by atoms with E-state index in [0.29, 0.717) is 17.9 Å². The fourth-order valence-electron chi connectivity index (χ4n) is 3.21. The van der Waals surface area contributed by atoms with Gasteiger partial charge < -0.3 is 19.5 Å².